The van der Waals surface area contributed by atoms with Gasteiger partial charge >= 0.3 is 5.97 Å². The summed E-state index contributed by atoms with van der Waals surface area (Å²) in [5, 5.41) is 5.97. The molecule has 0 bridgehead atoms. The van der Waals surface area contributed by atoms with Crippen LogP contribution in [-0.4, -0.2) is 62.1 Å². The Balaban J connectivity index is 2.11. The molecule has 2 N–H and O–H groups in total. The molecule has 0 saturated carbocycles. The molecule has 2 rings (SSSR count). The number of piperidine rings is 1. The average Bonchev–Trinajstić information content (AvgIpc) is 2.72. The van der Waals surface area contributed by atoms with E-state index < -0.39 is 5.97 Å². The third-order valence-corrected chi connectivity index (χ3v) is 5.94. The Morgan fingerprint density at radius 2 is 2.00 bits per heavy atom. The first-order valence-electron chi connectivity index (χ1n) is 10.8. The van der Waals surface area contributed by atoms with E-state index in [0.29, 0.717) is 34.7 Å². The van der Waals surface area contributed by atoms with Crippen molar-refractivity contribution in [1.29, 1.82) is 0 Å². The van der Waals surface area contributed by atoms with Crippen molar-refractivity contribution >= 4 is 23.5 Å². The highest BCUT2D eigenvalue weighted by molar-refractivity contribution is 6.02. The number of carbonyl (C=O) groups is 3. The molecule has 0 aromatic heterocycles. The monoisotopic (exact) mass is 418 g/mol. The van der Waals surface area contributed by atoms with Crippen molar-refractivity contribution in [3.8, 4) is 0 Å². The van der Waals surface area contributed by atoms with Gasteiger partial charge in [0.2, 0.25) is 5.91 Å². The first-order chi connectivity index (χ1) is 14.2. The van der Waals surface area contributed by atoms with Gasteiger partial charge in [0.15, 0.2) is 6.54 Å². The number of amides is 2. The number of nitrogens with one attached hydrogen (secondary N) is 2. The van der Waals surface area contributed by atoms with Crippen molar-refractivity contribution in [2.75, 3.05) is 45.2 Å². The molecule has 7 heteroatoms. The number of quaternary nitrogens is 1. The number of para-hydroxylation sites is 1. The summed E-state index contributed by atoms with van der Waals surface area (Å²) in [7, 11) is 1.33. The van der Waals surface area contributed by atoms with Gasteiger partial charge < -0.3 is 19.9 Å². The Labute approximate surface area is 179 Å². The van der Waals surface area contributed by atoms with Crippen LogP contribution in [0.15, 0.2) is 18.2 Å². The van der Waals surface area contributed by atoms with Gasteiger partial charge in [-0.15, -0.1) is 0 Å². The number of hydrogen-bond acceptors (Lipinski definition) is 4. The van der Waals surface area contributed by atoms with Crippen LogP contribution in [-0.2, 0) is 14.3 Å². The van der Waals surface area contributed by atoms with E-state index in [0.717, 1.165) is 31.5 Å². The summed E-state index contributed by atoms with van der Waals surface area (Å²) in [6.45, 7) is 11.3. The smallest absolute Gasteiger partial charge is 0.339 e. The normalized spacial score (nSPS) is 21.2. The van der Waals surface area contributed by atoms with Crippen LogP contribution in [0.1, 0.15) is 49.5 Å². The molecule has 7 nitrogen and oxygen atoms in total. The Kier molecular flexibility index (Phi) is 8.41. The van der Waals surface area contributed by atoms with E-state index >= 15 is 0 Å². The van der Waals surface area contributed by atoms with E-state index in [2.05, 4.69) is 31.4 Å². The van der Waals surface area contributed by atoms with Crippen LogP contribution in [0.25, 0.3) is 0 Å². The maximum absolute atomic E-state index is 13.0. The van der Waals surface area contributed by atoms with E-state index in [1.54, 1.807) is 12.1 Å². The molecule has 166 valence electrons. The van der Waals surface area contributed by atoms with Gasteiger partial charge in [-0.2, -0.15) is 0 Å². The van der Waals surface area contributed by atoms with Crippen molar-refractivity contribution in [3.05, 3.63) is 29.3 Å². The number of esters is 1. The summed E-state index contributed by atoms with van der Waals surface area (Å²) < 4.78 is 5.42. The van der Waals surface area contributed by atoms with Crippen LogP contribution in [0, 0.1) is 18.8 Å². The fourth-order valence-electron chi connectivity index (χ4n) is 4.13. The van der Waals surface area contributed by atoms with Crippen LogP contribution < -0.4 is 10.6 Å². The largest absolute Gasteiger partial charge is 0.465 e. The van der Waals surface area contributed by atoms with Crippen molar-refractivity contribution in [3.63, 3.8) is 0 Å². The highest BCUT2D eigenvalue weighted by Crippen LogP contribution is 2.25. The predicted molar refractivity (Wildman–Crippen MR) is 117 cm³/mol. The number of likely N-dealkylation sites (N-methyl/N-ethyl adjacent to an activating group) is 1. The number of aryl methyl sites for hydroxylation is 1. The number of benzene rings is 1. The molecule has 30 heavy (non-hydrogen) atoms. The summed E-state index contributed by atoms with van der Waals surface area (Å²) in [5.74, 6) is -0.208. The second-order valence-corrected chi connectivity index (χ2v) is 8.74. The van der Waals surface area contributed by atoms with Crippen LogP contribution in [0.3, 0.4) is 0 Å². The maximum atomic E-state index is 13.0. The van der Waals surface area contributed by atoms with Crippen LogP contribution in [0.2, 0.25) is 0 Å². The number of carbonyl (C=O) groups excluding carboxylic acids is 3. The van der Waals surface area contributed by atoms with E-state index in [1.165, 1.54) is 7.11 Å². The standard InChI is InChI=1S/C23H35N3O4/c1-6-26(12-8-10-18(14-26)22(28)24-13-16(2)3)15-20(27)25-21-17(4)9-7-11-19(21)23(29)30-5/h7,9,11,16,18H,6,8,10,12-15H2,1-5H3,(H-,24,25,27,28,29)/p+1. The van der Waals surface area contributed by atoms with Gasteiger partial charge in [0.25, 0.3) is 5.91 Å². The summed E-state index contributed by atoms with van der Waals surface area (Å²) >= 11 is 0. The van der Waals surface area contributed by atoms with E-state index in [-0.39, 0.29) is 24.3 Å². The van der Waals surface area contributed by atoms with Crippen LogP contribution in [0.4, 0.5) is 5.69 Å². The Morgan fingerprint density at radius 1 is 1.27 bits per heavy atom. The van der Waals surface area contributed by atoms with Crippen molar-refractivity contribution in [2.24, 2.45) is 11.8 Å². The minimum Gasteiger partial charge on any atom is -0.465 e. The van der Waals surface area contributed by atoms with Gasteiger partial charge in [0.05, 0.1) is 43.9 Å². The molecule has 0 spiro atoms. The Bertz CT molecular complexity index is 778. The average molecular weight is 419 g/mol. The zero-order chi connectivity index (χ0) is 22.3. The van der Waals surface area contributed by atoms with Gasteiger partial charge in [-0.05, 0) is 44.2 Å². The molecule has 1 fully saturated rings. The first kappa shape index (κ1) is 23.9. The topological polar surface area (TPSA) is 84.5 Å². The number of anilines is 1. The molecule has 1 heterocycles. The predicted octanol–water partition coefficient (Wildman–Crippen LogP) is 2.74. The lowest BCUT2D eigenvalue weighted by Gasteiger charge is -2.43. The minimum atomic E-state index is -0.478. The molecule has 2 atom stereocenters. The molecule has 1 aromatic carbocycles. The number of ether oxygens (including phenoxy) is 1. The fraction of sp³-hybridized carbons (Fsp3) is 0.609. The highest BCUT2D eigenvalue weighted by Gasteiger charge is 2.38. The molecular weight excluding hydrogens is 382 g/mol. The summed E-state index contributed by atoms with van der Waals surface area (Å²) in [5.41, 5.74) is 1.64. The van der Waals surface area contributed by atoms with Crippen LogP contribution in [0.5, 0.6) is 0 Å². The van der Waals surface area contributed by atoms with E-state index in [1.807, 2.05) is 13.0 Å². The van der Waals surface area contributed by atoms with Crippen molar-refractivity contribution < 1.29 is 23.6 Å². The van der Waals surface area contributed by atoms with Gasteiger partial charge in [0, 0.05) is 6.54 Å². The minimum absolute atomic E-state index is 0.0747. The molecule has 2 unspecified atom stereocenters. The lowest BCUT2D eigenvalue weighted by molar-refractivity contribution is -0.925. The SMILES string of the molecule is CC[N+]1(CC(=O)Nc2c(C)cccc2C(=O)OC)CCCC(C(=O)NCC(C)C)C1. The fourth-order valence-corrected chi connectivity index (χ4v) is 4.13. The number of methoxy groups -OCH3 is 1. The number of nitrogens with zero attached hydrogens (tertiary/aromatic N) is 1. The third kappa shape index (κ3) is 6.05. The zero-order valence-corrected chi connectivity index (χ0v) is 18.9. The summed E-state index contributed by atoms with van der Waals surface area (Å²) in [4.78, 5) is 37.7. The molecule has 1 saturated heterocycles. The van der Waals surface area contributed by atoms with E-state index in [4.69, 9.17) is 4.74 Å². The highest BCUT2D eigenvalue weighted by atomic mass is 16.5. The summed E-state index contributed by atoms with van der Waals surface area (Å²) in [6, 6.07) is 5.26. The molecule has 2 amide bonds. The molecular formula is C23H36N3O4+. The summed E-state index contributed by atoms with van der Waals surface area (Å²) in [6.07, 6.45) is 1.77. The Morgan fingerprint density at radius 3 is 2.63 bits per heavy atom. The van der Waals surface area contributed by atoms with Gasteiger partial charge in [-0.3, -0.25) is 9.59 Å². The maximum Gasteiger partial charge on any atom is 0.339 e. The lowest BCUT2D eigenvalue weighted by atomic mass is 9.94. The number of hydrogen-bond donors (Lipinski definition) is 2. The second kappa shape index (κ2) is 10.6. The van der Waals surface area contributed by atoms with Gasteiger partial charge in [-0.1, -0.05) is 26.0 Å². The second-order valence-electron chi connectivity index (χ2n) is 8.74. The van der Waals surface area contributed by atoms with Crippen molar-refractivity contribution in [2.45, 2.75) is 40.5 Å². The third-order valence-electron chi connectivity index (χ3n) is 5.94. The van der Waals surface area contributed by atoms with E-state index in [9.17, 15) is 14.4 Å². The quantitative estimate of drug-likeness (QED) is 0.502. The zero-order valence-electron chi connectivity index (χ0n) is 18.9. The first-order valence-corrected chi connectivity index (χ1v) is 10.8. The molecule has 1 aliphatic heterocycles. The molecule has 0 aliphatic carbocycles. The van der Waals surface area contributed by atoms with Crippen molar-refractivity contribution in [1.82, 2.24) is 5.32 Å². The van der Waals surface area contributed by atoms with Gasteiger partial charge in [0.1, 0.15) is 0 Å². The lowest BCUT2D eigenvalue weighted by Crippen LogP contribution is -2.59. The molecule has 0 radical (unpaired) electrons. The van der Waals surface area contributed by atoms with Crippen LogP contribution >= 0.6 is 0 Å². The molecule has 1 aromatic rings. The Hall–Kier alpha value is -2.41. The van der Waals surface area contributed by atoms with Gasteiger partial charge in [-0.25, -0.2) is 4.79 Å². The number of rotatable bonds is 8. The number of likely N-dealkylation sites (tertiary alicyclic amines) is 1. The molecule has 1 aliphatic rings.